The van der Waals surface area contributed by atoms with Crippen molar-refractivity contribution in [3.8, 4) is 17.1 Å². The lowest BCUT2D eigenvalue weighted by Gasteiger charge is -1.99. The minimum atomic E-state index is -0.115. The van der Waals surface area contributed by atoms with Crippen LogP contribution in [0.2, 0.25) is 0 Å². The molecule has 4 aromatic rings. The van der Waals surface area contributed by atoms with Crippen LogP contribution in [0.1, 0.15) is 24.3 Å². The van der Waals surface area contributed by atoms with E-state index in [1.807, 2.05) is 42.5 Å². The molecular formula is C22H21N5O3S2. The van der Waals surface area contributed by atoms with Crippen molar-refractivity contribution >= 4 is 34.1 Å². The molecule has 0 spiro atoms. The van der Waals surface area contributed by atoms with E-state index in [0.29, 0.717) is 36.1 Å². The van der Waals surface area contributed by atoms with Gasteiger partial charge in [-0.1, -0.05) is 58.6 Å². The van der Waals surface area contributed by atoms with Gasteiger partial charge in [0.2, 0.25) is 22.8 Å². The molecule has 0 atom stereocenters. The van der Waals surface area contributed by atoms with Gasteiger partial charge in [0.25, 0.3) is 0 Å². The Balaban J connectivity index is 1.20. The number of amides is 1. The largest absolute Gasteiger partial charge is 0.497 e. The molecule has 1 N–H and O–H groups in total. The minimum absolute atomic E-state index is 0.115. The SMILES string of the molecule is COc1ccc(-c2noc(CCCC(=O)Nc3nnc(SCc4ccccc4)s3)n2)cc1. The number of thioether (sulfide) groups is 1. The quantitative estimate of drug-likeness (QED) is 0.261. The van der Waals surface area contributed by atoms with Gasteiger partial charge in [0, 0.05) is 24.2 Å². The third kappa shape index (κ3) is 6.14. The summed E-state index contributed by atoms with van der Waals surface area (Å²) in [6.45, 7) is 0. The maximum atomic E-state index is 12.2. The van der Waals surface area contributed by atoms with E-state index in [1.165, 1.54) is 16.9 Å². The van der Waals surface area contributed by atoms with Gasteiger partial charge in [0.15, 0.2) is 4.34 Å². The zero-order valence-electron chi connectivity index (χ0n) is 17.4. The number of carbonyl (C=O) groups excluding carboxylic acids is 1. The van der Waals surface area contributed by atoms with E-state index < -0.39 is 0 Å². The van der Waals surface area contributed by atoms with E-state index in [9.17, 15) is 4.79 Å². The van der Waals surface area contributed by atoms with Gasteiger partial charge in [0.1, 0.15) is 5.75 Å². The van der Waals surface area contributed by atoms with Crippen molar-refractivity contribution in [1.29, 1.82) is 0 Å². The topological polar surface area (TPSA) is 103 Å². The Labute approximate surface area is 193 Å². The number of carbonyl (C=O) groups is 1. The molecule has 0 bridgehead atoms. The van der Waals surface area contributed by atoms with Crippen LogP contribution in [0.5, 0.6) is 5.75 Å². The molecule has 0 aliphatic rings. The first-order valence-electron chi connectivity index (χ1n) is 9.96. The van der Waals surface area contributed by atoms with Crippen molar-refractivity contribution in [3.63, 3.8) is 0 Å². The Morgan fingerprint density at radius 1 is 1.12 bits per heavy atom. The number of hydrogen-bond acceptors (Lipinski definition) is 9. The molecule has 0 radical (unpaired) electrons. The summed E-state index contributed by atoms with van der Waals surface area (Å²) in [5.41, 5.74) is 2.06. The first-order valence-corrected chi connectivity index (χ1v) is 11.8. The van der Waals surface area contributed by atoms with Crippen LogP contribution in [-0.2, 0) is 17.0 Å². The molecule has 2 aromatic heterocycles. The Bertz CT molecular complexity index is 1150. The van der Waals surface area contributed by atoms with Crippen molar-refractivity contribution in [2.24, 2.45) is 0 Å². The highest BCUT2D eigenvalue weighted by Crippen LogP contribution is 2.28. The summed E-state index contributed by atoms with van der Waals surface area (Å²) >= 11 is 2.97. The molecule has 0 unspecified atom stereocenters. The number of aromatic nitrogens is 4. The average molecular weight is 468 g/mol. The smallest absolute Gasteiger partial charge is 0.226 e. The second-order valence-corrected chi connectivity index (χ2v) is 8.99. The lowest BCUT2D eigenvalue weighted by molar-refractivity contribution is -0.116. The molecule has 1 amide bonds. The van der Waals surface area contributed by atoms with Gasteiger partial charge >= 0.3 is 0 Å². The fourth-order valence-corrected chi connectivity index (χ4v) is 4.56. The second kappa shape index (κ2) is 10.9. The molecular weight excluding hydrogens is 446 g/mol. The molecule has 0 aliphatic carbocycles. The number of anilines is 1. The summed E-state index contributed by atoms with van der Waals surface area (Å²) in [6.07, 6.45) is 1.43. The van der Waals surface area contributed by atoms with Crippen LogP contribution in [0.3, 0.4) is 0 Å². The standard InChI is InChI=1S/C22H21N5O3S2/c1-29-17-12-10-16(11-13-17)20-24-19(30-27-20)9-5-8-18(28)23-21-25-26-22(32-21)31-14-15-6-3-2-4-7-15/h2-4,6-7,10-13H,5,8-9,14H2,1H3,(H,23,25,28). The van der Waals surface area contributed by atoms with Crippen LogP contribution >= 0.6 is 23.1 Å². The number of methoxy groups -OCH3 is 1. The number of rotatable bonds is 10. The number of hydrogen-bond donors (Lipinski definition) is 1. The number of ether oxygens (including phenoxy) is 1. The van der Waals surface area contributed by atoms with Gasteiger partial charge in [-0.2, -0.15) is 4.98 Å². The molecule has 0 aliphatic heterocycles. The normalized spacial score (nSPS) is 10.8. The van der Waals surface area contributed by atoms with Gasteiger partial charge in [-0.25, -0.2) is 0 Å². The predicted molar refractivity (Wildman–Crippen MR) is 124 cm³/mol. The molecule has 10 heteroatoms. The van der Waals surface area contributed by atoms with Crippen LogP contribution < -0.4 is 10.1 Å². The zero-order chi connectivity index (χ0) is 22.2. The highest BCUT2D eigenvalue weighted by Gasteiger charge is 2.12. The van der Waals surface area contributed by atoms with E-state index in [-0.39, 0.29) is 5.91 Å². The molecule has 0 saturated heterocycles. The van der Waals surface area contributed by atoms with Crippen LogP contribution in [0.15, 0.2) is 63.5 Å². The number of nitrogens with zero attached hydrogens (tertiary/aromatic N) is 4. The molecule has 164 valence electrons. The molecule has 32 heavy (non-hydrogen) atoms. The van der Waals surface area contributed by atoms with Gasteiger partial charge in [0.05, 0.1) is 7.11 Å². The van der Waals surface area contributed by atoms with Crippen LogP contribution in [0, 0.1) is 0 Å². The van der Waals surface area contributed by atoms with Gasteiger partial charge in [-0.3, -0.25) is 4.79 Å². The van der Waals surface area contributed by atoms with E-state index >= 15 is 0 Å². The van der Waals surface area contributed by atoms with Gasteiger partial charge < -0.3 is 14.6 Å². The summed E-state index contributed by atoms with van der Waals surface area (Å²) < 4.78 is 11.3. The lowest BCUT2D eigenvalue weighted by atomic mass is 10.2. The molecule has 0 saturated carbocycles. The predicted octanol–water partition coefficient (Wildman–Crippen LogP) is 4.85. The fourth-order valence-electron chi connectivity index (χ4n) is 2.83. The maximum Gasteiger partial charge on any atom is 0.226 e. The van der Waals surface area contributed by atoms with E-state index in [4.69, 9.17) is 9.26 Å². The van der Waals surface area contributed by atoms with Crippen LogP contribution in [0.4, 0.5) is 5.13 Å². The molecule has 2 heterocycles. The monoisotopic (exact) mass is 467 g/mol. The fraction of sp³-hybridized carbons (Fsp3) is 0.227. The summed E-state index contributed by atoms with van der Waals surface area (Å²) in [7, 11) is 1.62. The number of aryl methyl sites for hydroxylation is 1. The maximum absolute atomic E-state index is 12.2. The lowest BCUT2D eigenvalue weighted by Crippen LogP contribution is -2.11. The van der Waals surface area contributed by atoms with E-state index in [2.05, 4.69) is 37.8 Å². The second-order valence-electron chi connectivity index (χ2n) is 6.79. The summed E-state index contributed by atoms with van der Waals surface area (Å²) in [4.78, 5) is 16.6. The Morgan fingerprint density at radius 3 is 2.72 bits per heavy atom. The zero-order valence-corrected chi connectivity index (χ0v) is 19.0. The summed E-state index contributed by atoms with van der Waals surface area (Å²) in [6, 6.07) is 17.6. The van der Waals surface area contributed by atoms with Gasteiger partial charge in [-0.05, 0) is 36.2 Å². The van der Waals surface area contributed by atoms with E-state index in [0.717, 1.165) is 21.4 Å². The van der Waals surface area contributed by atoms with Crippen molar-refractivity contribution in [1.82, 2.24) is 20.3 Å². The molecule has 4 rings (SSSR count). The summed E-state index contributed by atoms with van der Waals surface area (Å²) in [5, 5.41) is 15.5. The summed E-state index contributed by atoms with van der Waals surface area (Å²) in [5.74, 6) is 2.48. The molecule has 8 nitrogen and oxygen atoms in total. The Morgan fingerprint density at radius 2 is 1.94 bits per heavy atom. The average Bonchev–Trinajstić information content (AvgIpc) is 3.48. The highest BCUT2D eigenvalue weighted by molar-refractivity contribution is 8.00. The third-order valence-corrected chi connectivity index (χ3v) is 6.51. The number of nitrogens with one attached hydrogen (secondary N) is 1. The van der Waals surface area contributed by atoms with Crippen molar-refractivity contribution in [2.45, 2.75) is 29.4 Å². The van der Waals surface area contributed by atoms with Crippen LogP contribution in [0.25, 0.3) is 11.4 Å². The highest BCUT2D eigenvalue weighted by atomic mass is 32.2. The molecule has 0 fully saturated rings. The Hall–Kier alpha value is -3.24. The van der Waals surface area contributed by atoms with E-state index in [1.54, 1.807) is 18.9 Å². The first-order chi connectivity index (χ1) is 15.7. The molecule has 2 aromatic carbocycles. The minimum Gasteiger partial charge on any atom is -0.497 e. The third-order valence-electron chi connectivity index (χ3n) is 4.47. The Kier molecular flexibility index (Phi) is 7.47. The first kappa shape index (κ1) is 22.0. The number of benzene rings is 2. The van der Waals surface area contributed by atoms with Crippen LogP contribution in [-0.4, -0.2) is 33.4 Å². The van der Waals surface area contributed by atoms with Crippen molar-refractivity contribution in [3.05, 3.63) is 66.1 Å². The van der Waals surface area contributed by atoms with Gasteiger partial charge in [-0.15, -0.1) is 10.2 Å². The van der Waals surface area contributed by atoms with Crippen molar-refractivity contribution < 1.29 is 14.1 Å². The van der Waals surface area contributed by atoms with Crippen molar-refractivity contribution in [2.75, 3.05) is 12.4 Å².